The van der Waals surface area contributed by atoms with E-state index in [1.54, 1.807) is 35.2 Å². The molecule has 0 bridgehead atoms. The van der Waals surface area contributed by atoms with Gasteiger partial charge in [-0.3, -0.25) is 9.69 Å². The smallest absolute Gasteiger partial charge is 0.336 e. The van der Waals surface area contributed by atoms with Crippen molar-refractivity contribution in [3.63, 3.8) is 0 Å². The second-order valence-corrected chi connectivity index (χ2v) is 7.00. The van der Waals surface area contributed by atoms with Crippen molar-refractivity contribution < 1.29 is 19.1 Å². The summed E-state index contributed by atoms with van der Waals surface area (Å²) in [5, 5.41) is 0.581. The minimum Gasteiger partial charge on any atom is -0.490 e. The Morgan fingerprint density at radius 1 is 1.14 bits per heavy atom. The van der Waals surface area contributed by atoms with Gasteiger partial charge in [0, 0.05) is 23.0 Å². The van der Waals surface area contributed by atoms with Crippen LogP contribution in [-0.4, -0.2) is 25.1 Å². The number of amides is 1. The lowest BCUT2D eigenvalue weighted by atomic mass is 9.84. The summed E-state index contributed by atoms with van der Waals surface area (Å²) < 4.78 is 10.8. The fourth-order valence-electron chi connectivity index (χ4n) is 3.58. The maximum Gasteiger partial charge on any atom is 0.336 e. The van der Waals surface area contributed by atoms with Gasteiger partial charge in [-0.1, -0.05) is 36.4 Å². The van der Waals surface area contributed by atoms with Gasteiger partial charge >= 0.3 is 5.97 Å². The summed E-state index contributed by atoms with van der Waals surface area (Å²) in [6, 6.07) is 14.4. The molecule has 2 aliphatic rings. The summed E-state index contributed by atoms with van der Waals surface area (Å²) in [7, 11) is 0. The first-order valence-corrected chi connectivity index (χ1v) is 9.28. The third-order valence-electron chi connectivity index (χ3n) is 4.85. The molecule has 2 aromatic rings. The van der Waals surface area contributed by atoms with Crippen LogP contribution in [-0.2, 0) is 14.3 Å². The average Bonchev–Trinajstić information content (AvgIpc) is 3.09. The predicted molar refractivity (Wildman–Crippen MR) is 106 cm³/mol. The third-order valence-corrected chi connectivity index (χ3v) is 5.10. The molecule has 0 N–H and O–H groups in total. The number of ether oxygens (including phenoxy) is 2. The van der Waals surface area contributed by atoms with E-state index in [0.717, 1.165) is 5.56 Å². The molecule has 1 atom stereocenters. The number of hydrogen-bond acceptors (Lipinski definition) is 4. The predicted octanol–water partition coefficient (Wildman–Crippen LogP) is 4.24. The van der Waals surface area contributed by atoms with Crippen LogP contribution in [0, 0.1) is 0 Å². The molecule has 28 heavy (non-hydrogen) atoms. The summed E-state index contributed by atoms with van der Waals surface area (Å²) in [6.07, 6.45) is 1.86. The van der Waals surface area contributed by atoms with Crippen LogP contribution in [0.5, 0.6) is 5.75 Å². The van der Waals surface area contributed by atoms with Crippen LogP contribution < -0.4 is 9.64 Å². The van der Waals surface area contributed by atoms with Crippen molar-refractivity contribution in [2.75, 3.05) is 18.1 Å². The van der Waals surface area contributed by atoms with Gasteiger partial charge in [-0.2, -0.15) is 0 Å². The molecule has 1 amide bonds. The lowest BCUT2D eigenvalue weighted by Gasteiger charge is -2.32. The highest BCUT2D eigenvalue weighted by Crippen LogP contribution is 2.42. The van der Waals surface area contributed by atoms with Crippen molar-refractivity contribution in [2.24, 2.45) is 0 Å². The van der Waals surface area contributed by atoms with Crippen LogP contribution in [0.4, 0.5) is 5.69 Å². The monoisotopic (exact) mass is 395 g/mol. The summed E-state index contributed by atoms with van der Waals surface area (Å²) in [5.74, 6) is -0.0962. The van der Waals surface area contributed by atoms with Crippen molar-refractivity contribution in [3.05, 3.63) is 83.0 Å². The standard InChI is InChI=1S/C22H18ClNO4/c1-2-11-27-17-9-3-14(4-10-17)18-12-20(25)24(16-7-5-15(23)6-8-16)19-13-28-22(26)21(18)19/h2-10,18H,1,11-13H2. The third kappa shape index (κ3) is 3.29. The van der Waals surface area contributed by atoms with Gasteiger partial charge in [-0.05, 0) is 42.0 Å². The van der Waals surface area contributed by atoms with Gasteiger partial charge in [0.25, 0.3) is 0 Å². The molecular weight excluding hydrogens is 378 g/mol. The topological polar surface area (TPSA) is 55.8 Å². The van der Waals surface area contributed by atoms with E-state index in [1.807, 2.05) is 24.3 Å². The number of hydrogen-bond donors (Lipinski definition) is 0. The largest absolute Gasteiger partial charge is 0.490 e. The molecule has 142 valence electrons. The molecule has 2 heterocycles. The Kier molecular flexibility index (Phi) is 4.92. The lowest BCUT2D eigenvalue weighted by molar-refractivity contribution is -0.136. The van der Waals surface area contributed by atoms with Crippen LogP contribution in [0.15, 0.2) is 72.5 Å². The Labute approximate surface area is 167 Å². The van der Waals surface area contributed by atoms with E-state index < -0.39 is 0 Å². The Morgan fingerprint density at radius 2 is 1.86 bits per heavy atom. The molecular formula is C22H18ClNO4. The Hall–Kier alpha value is -3.05. The minimum atomic E-state index is -0.376. The first-order valence-electron chi connectivity index (χ1n) is 8.91. The maximum atomic E-state index is 13.0. The van der Waals surface area contributed by atoms with E-state index in [0.29, 0.717) is 34.3 Å². The molecule has 0 spiro atoms. The number of rotatable bonds is 5. The summed E-state index contributed by atoms with van der Waals surface area (Å²) >= 11 is 5.96. The fraction of sp³-hybridized carbons (Fsp3) is 0.182. The fourth-order valence-corrected chi connectivity index (χ4v) is 3.71. The lowest BCUT2D eigenvalue weighted by Crippen LogP contribution is -2.37. The van der Waals surface area contributed by atoms with Crippen molar-refractivity contribution >= 4 is 29.2 Å². The van der Waals surface area contributed by atoms with E-state index in [2.05, 4.69) is 6.58 Å². The van der Waals surface area contributed by atoms with Crippen LogP contribution >= 0.6 is 11.6 Å². The number of anilines is 1. The van der Waals surface area contributed by atoms with Gasteiger partial charge in [0.05, 0.1) is 11.3 Å². The van der Waals surface area contributed by atoms with E-state index in [-0.39, 0.29) is 30.8 Å². The molecule has 1 unspecified atom stereocenters. The van der Waals surface area contributed by atoms with E-state index >= 15 is 0 Å². The average molecular weight is 396 g/mol. The van der Waals surface area contributed by atoms with Gasteiger partial charge in [-0.25, -0.2) is 4.79 Å². The van der Waals surface area contributed by atoms with Crippen LogP contribution in [0.2, 0.25) is 5.02 Å². The number of carbonyl (C=O) groups excluding carboxylic acids is 2. The molecule has 5 nitrogen and oxygen atoms in total. The zero-order valence-corrected chi connectivity index (χ0v) is 15.8. The van der Waals surface area contributed by atoms with Crippen molar-refractivity contribution in [1.82, 2.24) is 0 Å². The number of esters is 1. The first kappa shape index (κ1) is 18.3. The zero-order valence-electron chi connectivity index (χ0n) is 15.1. The Bertz CT molecular complexity index is 963. The SMILES string of the molecule is C=CCOc1ccc(C2CC(=O)N(c3ccc(Cl)cc3)C3=C2C(=O)OC3)cc1. The summed E-state index contributed by atoms with van der Waals surface area (Å²) in [5.41, 5.74) is 2.68. The van der Waals surface area contributed by atoms with Crippen molar-refractivity contribution in [2.45, 2.75) is 12.3 Å². The zero-order chi connectivity index (χ0) is 19.7. The van der Waals surface area contributed by atoms with Crippen LogP contribution in [0.3, 0.4) is 0 Å². The van der Waals surface area contributed by atoms with Crippen molar-refractivity contribution in [3.8, 4) is 5.75 Å². The number of cyclic esters (lactones) is 1. The van der Waals surface area contributed by atoms with Gasteiger partial charge in [0.1, 0.15) is 19.0 Å². The highest BCUT2D eigenvalue weighted by atomic mass is 35.5. The normalized spacial score (nSPS) is 18.8. The Morgan fingerprint density at radius 3 is 2.54 bits per heavy atom. The number of benzene rings is 2. The number of halogens is 1. The quantitative estimate of drug-likeness (QED) is 0.561. The molecule has 0 fully saturated rings. The molecule has 2 aromatic carbocycles. The number of carbonyl (C=O) groups is 2. The van der Waals surface area contributed by atoms with Crippen molar-refractivity contribution in [1.29, 1.82) is 0 Å². The summed E-state index contributed by atoms with van der Waals surface area (Å²) in [6.45, 7) is 4.12. The van der Waals surface area contributed by atoms with E-state index in [9.17, 15) is 9.59 Å². The van der Waals surface area contributed by atoms with Gasteiger partial charge < -0.3 is 9.47 Å². The highest BCUT2D eigenvalue weighted by Gasteiger charge is 2.42. The molecule has 0 aromatic heterocycles. The molecule has 6 heteroatoms. The molecule has 0 aliphatic carbocycles. The second kappa shape index (κ2) is 7.52. The maximum absolute atomic E-state index is 13.0. The molecule has 4 rings (SSSR count). The minimum absolute atomic E-state index is 0.0829. The first-order chi connectivity index (χ1) is 13.6. The van der Waals surface area contributed by atoms with Gasteiger partial charge in [0.15, 0.2) is 0 Å². The van der Waals surface area contributed by atoms with Gasteiger partial charge in [-0.15, -0.1) is 0 Å². The van der Waals surface area contributed by atoms with Crippen LogP contribution in [0.1, 0.15) is 17.9 Å². The van der Waals surface area contributed by atoms with E-state index in [4.69, 9.17) is 21.1 Å². The highest BCUT2D eigenvalue weighted by molar-refractivity contribution is 6.30. The Balaban J connectivity index is 1.70. The van der Waals surface area contributed by atoms with Gasteiger partial charge in [0.2, 0.25) is 5.91 Å². The second-order valence-electron chi connectivity index (χ2n) is 6.57. The molecule has 0 radical (unpaired) electrons. The van der Waals surface area contributed by atoms with E-state index in [1.165, 1.54) is 0 Å². The number of nitrogens with zero attached hydrogens (tertiary/aromatic N) is 1. The molecule has 0 saturated carbocycles. The van der Waals surface area contributed by atoms with Crippen LogP contribution in [0.25, 0.3) is 0 Å². The molecule has 0 saturated heterocycles. The summed E-state index contributed by atoms with van der Waals surface area (Å²) in [4.78, 5) is 27.0. The molecule has 2 aliphatic heterocycles.